The highest BCUT2D eigenvalue weighted by atomic mass is 35.5. The van der Waals surface area contributed by atoms with Crippen molar-refractivity contribution >= 4 is 22.6 Å². The number of para-hydroxylation sites is 2. The molecule has 0 bridgehead atoms. The molecule has 2 rings (SSSR count). The molecule has 0 amide bonds. The third-order valence-electron chi connectivity index (χ3n) is 1.86. The zero-order valence-corrected chi connectivity index (χ0v) is 7.17. The number of benzene rings is 1. The van der Waals surface area contributed by atoms with Crippen LogP contribution in [-0.2, 0) is 5.88 Å². The summed E-state index contributed by atoms with van der Waals surface area (Å²) in [6.45, 7) is 0. The first-order valence-electron chi connectivity index (χ1n) is 3.65. The smallest absolute Gasteiger partial charge is 0.268 e. The summed E-state index contributed by atoms with van der Waals surface area (Å²) in [7, 11) is 0. The zero-order chi connectivity index (χ0) is 8.55. The van der Waals surface area contributed by atoms with Gasteiger partial charge in [-0.1, -0.05) is 12.1 Å². The van der Waals surface area contributed by atoms with Crippen molar-refractivity contribution in [2.75, 3.05) is 5.84 Å². The molecule has 1 aromatic heterocycles. The number of hydrogen-bond acceptors (Lipinski definition) is 1. The quantitative estimate of drug-likeness (QED) is 0.384. The monoisotopic (exact) mass is 182 g/mol. The van der Waals surface area contributed by atoms with Gasteiger partial charge in [0.1, 0.15) is 5.88 Å². The minimum absolute atomic E-state index is 0.394. The summed E-state index contributed by atoms with van der Waals surface area (Å²) in [6, 6.07) is 7.81. The lowest BCUT2D eigenvalue weighted by Gasteiger charge is -1.86. The molecular formula is C8H9ClN3+. The van der Waals surface area contributed by atoms with Gasteiger partial charge in [0.25, 0.3) is 5.82 Å². The summed E-state index contributed by atoms with van der Waals surface area (Å²) in [5.41, 5.74) is 1.98. The van der Waals surface area contributed by atoms with Crippen molar-refractivity contribution in [3.05, 3.63) is 30.1 Å². The molecular weight excluding hydrogens is 174 g/mol. The SMILES string of the molecule is N[n+]1c(CCl)[nH]c2ccccc21. The summed E-state index contributed by atoms with van der Waals surface area (Å²) in [6.07, 6.45) is 0. The van der Waals surface area contributed by atoms with Gasteiger partial charge in [0.05, 0.1) is 0 Å². The summed E-state index contributed by atoms with van der Waals surface area (Å²) in [4.78, 5) is 3.12. The number of H-pyrrole nitrogens is 1. The van der Waals surface area contributed by atoms with Crippen LogP contribution in [0.3, 0.4) is 0 Å². The number of alkyl halides is 1. The van der Waals surface area contributed by atoms with Crippen LogP contribution in [0.25, 0.3) is 11.0 Å². The fourth-order valence-electron chi connectivity index (χ4n) is 1.25. The van der Waals surface area contributed by atoms with Crippen molar-refractivity contribution in [3.63, 3.8) is 0 Å². The van der Waals surface area contributed by atoms with Crippen LogP contribution < -0.4 is 10.5 Å². The predicted octanol–water partition coefficient (Wildman–Crippen LogP) is 0.908. The van der Waals surface area contributed by atoms with Crippen LogP contribution in [0.1, 0.15) is 5.82 Å². The maximum atomic E-state index is 5.75. The summed E-state index contributed by atoms with van der Waals surface area (Å²) >= 11 is 5.67. The highest BCUT2D eigenvalue weighted by Crippen LogP contribution is 2.07. The van der Waals surface area contributed by atoms with E-state index in [4.69, 9.17) is 17.4 Å². The minimum Gasteiger partial charge on any atom is -0.268 e. The molecule has 0 radical (unpaired) electrons. The van der Waals surface area contributed by atoms with E-state index in [2.05, 4.69) is 4.98 Å². The van der Waals surface area contributed by atoms with E-state index in [0.717, 1.165) is 16.9 Å². The second-order valence-electron chi connectivity index (χ2n) is 2.59. The zero-order valence-electron chi connectivity index (χ0n) is 6.42. The van der Waals surface area contributed by atoms with Crippen molar-refractivity contribution in [3.8, 4) is 0 Å². The molecule has 0 aliphatic rings. The van der Waals surface area contributed by atoms with Crippen LogP contribution in [0.2, 0.25) is 0 Å². The largest absolute Gasteiger partial charge is 0.293 e. The number of halogens is 1. The van der Waals surface area contributed by atoms with Gasteiger partial charge in [-0.15, -0.1) is 16.3 Å². The second-order valence-corrected chi connectivity index (χ2v) is 2.86. The van der Waals surface area contributed by atoms with Crippen LogP contribution in [0, 0.1) is 0 Å². The van der Waals surface area contributed by atoms with Crippen LogP contribution in [0.4, 0.5) is 0 Å². The standard InChI is InChI=1S/C8H8ClN3/c9-5-8-11-6-3-1-2-4-7(6)12(8)10/h1-4H,5,10H2/p+1. The fourth-order valence-corrected chi connectivity index (χ4v) is 1.44. The molecule has 0 unspecified atom stereocenters. The lowest BCUT2D eigenvalue weighted by Crippen LogP contribution is -2.46. The van der Waals surface area contributed by atoms with Gasteiger partial charge in [0.2, 0.25) is 0 Å². The minimum atomic E-state index is 0.394. The highest BCUT2D eigenvalue weighted by molar-refractivity contribution is 6.16. The Labute approximate surface area is 74.7 Å². The molecule has 0 saturated carbocycles. The molecule has 0 fully saturated rings. The maximum Gasteiger partial charge on any atom is 0.293 e. The second kappa shape index (κ2) is 2.68. The number of nitrogens with zero attached hydrogens (tertiary/aromatic N) is 1. The molecule has 0 aliphatic carbocycles. The first-order chi connectivity index (χ1) is 5.83. The molecule has 4 heteroatoms. The lowest BCUT2D eigenvalue weighted by atomic mass is 10.3. The summed E-state index contributed by atoms with van der Waals surface area (Å²) < 4.78 is 1.57. The van der Waals surface area contributed by atoms with Gasteiger partial charge in [-0.05, 0) is 12.1 Å². The molecule has 3 N–H and O–H groups in total. The van der Waals surface area contributed by atoms with Crippen molar-refractivity contribution < 1.29 is 4.68 Å². The van der Waals surface area contributed by atoms with E-state index in [0.29, 0.717) is 5.88 Å². The van der Waals surface area contributed by atoms with Crippen LogP contribution in [0.15, 0.2) is 24.3 Å². The van der Waals surface area contributed by atoms with Crippen molar-refractivity contribution in [1.29, 1.82) is 0 Å². The third kappa shape index (κ3) is 0.940. The maximum absolute atomic E-state index is 5.75. The number of imidazole rings is 1. The van der Waals surface area contributed by atoms with E-state index >= 15 is 0 Å². The van der Waals surface area contributed by atoms with E-state index in [9.17, 15) is 0 Å². The normalized spacial score (nSPS) is 10.8. The van der Waals surface area contributed by atoms with Gasteiger partial charge in [0, 0.05) is 0 Å². The Morgan fingerprint density at radius 2 is 2.17 bits per heavy atom. The molecule has 2 aromatic rings. The van der Waals surface area contributed by atoms with Crippen molar-refractivity contribution in [2.24, 2.45) is 0 Å². The Morgan fingerprint density at radius 1 is 1.42 bits per heavy atom. The Balaban J connectivity index is 2.78. The van der Waals surface area contributed by atoms with E-state index in [-0.39, 0.29) is 0 Å². The molecule has 12 heavy (non-hydrogen) atoms. The average Bonchev–Trinajstić information content (AvgIpc) is 2.44. The molecule has 1 heterocycles. The van der Waals surface area contributed by atoms with Gasteiger partial charge in [0.15, 0.2) is 11.0 Å². The van der Waals surface area contributed by atoms with E-state index in [1.165, 1.54) is 0 Å². The summed E-state index contributed by atoms with van der Waals surface area (Å²) in [5.74, 6) is 6.96. The first-order valence-corrected chi connectivity index (χ1v) is 4.19. The highest BCUT2D eigenvalue weighted by Gasteiger charge is 2.13. The lowest BCUT2D eigenvalue weighted by molar-refractivity contribution is -0.618. The van der Waals surface area contributed by atoms with Gasteiger partial charge < -0.3 is 0 Å². The first kappa shape index (κ1) is 7.43. The van der Waals surface area contributed by atoms with E-state index in [1.807, 2.05) is 24.3 Å². The molecule has 0 atom stereocenters. The van der Waals surface area contributed by atoms with E-state index in [1.54, 1.807) is 4.68 Å². The Hall–Kier alpha value is -1.22. The van der Waals surface area contributed by atoms with Crippen LogP contribution in [0.5, 0.6) is 0 Å². The molecule has 0 saturated heterocycles. The van der Waals surface area contributed by atoms with Gasteiger partial charge in [-0.3, -0.25) is 5.84 Å². The number of fused-ring (bicyclic) bond motifs is 1. The van der Waals surface area contributed by atoms with Crippen LogP contribution in [-0.4, -0.2) is 4.98 Å². The molecule has 0 spiro atoms. The van der Waals surface area contributed by atoms with Crippen LogP contribution >= 0.6 is 11.6 Å². The number of aromatic amines is 1. The number of nitrogen functional groups attached to an aromatic ring is 1. The fraction of sp³-hybridized carbons (Fsp3) is 0.125. The Bertz CT molecular complexity index is 408. The van der Waals surface area contributed by atoms with E-state index < -0.39 is 0 Å². The number of nitrogens with two attached hydrogens (primary N) is 1. The third-order valence-corrected chi connectivity index (χ3v) is 2.11. The molecule has 62 valence electrons. The average molecular weight is 183 g/mol. The van der Waals surface area contributed by atoms with Crippen molar-refractivity contribution in [1.82, 2.24) is 4.98 Å². The molecule has 0 aliphatic heterocycles. The van der Waals surface area contributed by atoms with Crippen molar-refractivity contribution in [2.45, 2.75) is 5.88 Å². The van der Waals surface area contributed by atoms with Gasteiger partial charge >= 0.3 is 0 Å². The number of aromatic nitrogens is 2. The predicted molar refractivity (Wildman–Crippen MR) is 48.2 cm³/mol. The number of hydrogen-bond donors (Lipinski definition) is 2. The molecule has 1 aromatic carbocycles. The topological polar surface area (TPSA) is 45.7 Å². The summed E-state index contributed by atoms with van der Waals surface area (Å²) in [5, 5.41) is 0. The number of rotatable bonds is 1. The van der Waals surface area contributed by atoms with Gasteiger partial charge in [-0.2, -0.15) is 0 Å². The molecule has 3 nitrogen and oxygen atoms in total. The van der Waals surface area contributed by atoms with Gasteiger partial charge in [-0.25, -0.2) is 4.98 Å². The Morgan fingerprint density at radius 3 is 2.83 bits per heavy atom. The Kier molecular flexibility index (Phi) is 1.66. The number of nitrogens with one attached hydrogen (secondary N) is 1.